The van der Waals surface area contributed by atoms with Crippen LogP contribution in [0.4, 0.5) is 5.82 Å². The van der Waals surface area contributed by atoms with Gasteiger partial charge in [-0.15, -0.1) is 0 Å². The molecule has 0 radical (unpaired) electrons. The minimum absolute atomic E-state index is 0.0612. The van der Waals surface area contributed by atoms with Crippen LogP contribution in [0.3, 0.4) is 0 Å². The Morgan fingerprint density at radius 2 is 1.89 bits per heavy atom. The van der Waals surface area contributed by atoms with Gasteiger partial charge in [-0.25, -0.2) is 4.99 Å². The summed E-state index contributed by atoms with van der Waals surface area (Å²) in [6.45, 7) is 3.28. The number of methoxy groups -OCH3 is 2. The first-order chi connectivity index (χ1) is 13.5. The third-order valence-electron chi connectivity index (χ3n) is 5.11. The molecule has 1 fully saturated rings. The van der Waals surface area contributed by atoms with E-state index in [2.05, 4.69) is 10.1 Å². The average Bonchev–Trinajstić information content (AvgIpc) is 3.04. The van der Waals surface area contributed by atoms with Crippen LogP contribution >= 0.6 is 11.8 Å². The second-order valence-electron chi connectivity index (χ2n) is 6.79. The van der Waals surface area contributed by atoms with E-state index >= 15 is 0 Å². The fourth-order valence-corrected chi connectivity index (χ4v) is 4.80. The summed E-state index contributed by atoms with van der Waals surface area (Å²) in [6.07, 6.45) is 1.68. The number of nitrogens with zero attached hydrogens (tertiary/aromatic N) is 2. The zero-order valence-electron chi connectivity index (χ0n) is 16.0. The summed E-state index contributed by atoms with van der Waals surface area (Å²) >= 11 is 1.50. The lowest BCUT2D eigenvalue weighted by Crippen LogP contribution is -2.21. The van der Waals surface area contributed by atoms with Gasteiger partial charge in [-0.1, -0.05) is 11.8 Å². The standard InChI is InChI=1S/C19H23N3O5S/c1-10-20-18-15(19(24)21-22(18)12-4-6-27-7-5-12)17(28-10)11-8-13(25-2)16(23)14(9-11)26-3/h8-9,12,17,23H,4-7H2,1-3H3,(H,21,24)/t17-/m0/s1. The highest BCUT2D eigenvalue weighted by Crippen LogP contribution is 2.48. The van der Waals surface area contributed by atoms with Gasteiger partial charge in [0.1, 0.15) is 0 Å². The van der Waals surface area contributed by atoms with Crippen molar-refractivity contribution in [3.05, 3.63) is 33.6 Å². The van der Waals surface area contributed by atoms with Gasteiger partial charge in [0, 0.05) is 13.2 Å². The molecule has 0 unspecified atom stereocenters. The number of benzene rings is 1. The van der Waals surface area contributed by atoms with Crippen molar-refractivity contribution < 1.29 is 19.3 Å². The fourth-order valence-electron chi connectivity index (χ4n) is 3.72. The lowest BCUT2D eigenvalue weighted by atomic mass is 10.0. The van der Waals surface area contributed by atoms with E-state index < -0.39 is 0 Å². The first-order valence-electron chi connectivity index (χ1n) is 9.12. The smallest absolute Gasteiger partial charge is 0.271 e. The number of rotatable bonds is 4. The SMILES string of the molecule is COc1cc([C@@H]2SC(C)=Nc3c2c(=O)[nH]n3C2CCOCC2)cc(OC)c1O. The van der Waals surface area contributed by atoms with Gasteiger partial charge < -0.3 is 19.3 Å². The molecule has 2 aliphatic rings. The molecule has 2 N–H and O–H groups in total. The minimum Gasteiger partial charge on any atom is -0.502 e. The van der Waals surface area contributed by atoms with Crippen molar-refractivity contribution in [2.45, 2.75) is 31.1 Å². The van der Waals surface area contributed by atoms with Crippen LogP contribution < -0.4 is 15.0 Å². The van der Waals surface area contributed by atoms with Crippen LogP contribution in [0.1, 0.15) is 42.2 Å². The number of hydrogen-bond donors (Lipinski definition) is 2. The number of thioether (sulfide) groups is 1. The zero-order valence-corrected chi connectivity index (χ0v) is 16.8. The van der Waals surface area contributed by atoms with Crippen molar-refractivity contribution in [3.8, 4) is 17.2 Å². The molecule has 0 aliphatic carbocycles. The highest BCUT2D eigenvalue weighted by molar-refractivity contribution is 8.14. The summed E-state index contributed by atoms with van der Waals surface area (Å²) in [5, 5.41) is 13.8. The second-order valence-corrected chi connectivity index (χ2v) is 8.09. The molecule has 2 aliphatic heterocycles. The van der Waals surface area contributed by atoms with Crippen molar-refractivity contribution >= 4 is 22.6 Å². The van der Waals surface area contributed by atoms with Crippen LogP contribution in [0.2, 0.25) is 0 Å². The summed E-state index contributed by atoms with van der Waals surface area (Å²) in [5.41, 5.74) is 1.26. The van der Waals surface area contributed by atoms with Crippen molar-refractivity contribution in [2.24, 2.45) is 4.99 Å². The molecular formula is C19H23N3O5S. The molecule has 1 saturated heterocycles. The first kappa shape index (κ1) is 18.9. The molecule has 0 spiro atoms. The van der Waals surface area contributed by atoms with Gasteiger partial charge in [0.2, 0.25) is 5.75 Å². The van der Waals surface area contributed by atoms with E-state index in [1.54, 1.807) is 12.1 Å². The Bertz CT molecular complexity index is 949. The van der Waals surface area contributed by atoms with Gasteiger partial charge in [-0.3, -0.25) is 14.6 Å². The van der Waals surface area contributed by atoms with Crippen LogP contribution in [0.5, 0.6) is 17.2 Å². The van der Waals surface area contributed by atoms with E-state index in [0.29, 0.717) is 36.1 Å². The van der Waals surface area contributed by atoms with Gasteiger partial charge in [-0.2, -0.15) is 0 Å². The predicted octanol–water partition coefficient (Wildman–Crippen LogP) is 3.14. The van der Waals surface area contributed by atoms with Gasteiger partial charge >= 0.3 is 0 Å². The maximum atomic E-state index is 12.9. The number of phenolic OH excluding ortho intramolecular Hbond substituents is 1. The number of aromatic nitrogens is 2. The topological polar surface area (TPSA) is 98.1 Å². The van der Waals surface area contributed by atoms with Gasteiger partial charge in [0.15, 0.2) is 17.3 Å². The van der Waals surface area contributed by atoms with E-state index in [0.717, 1.165) is 23.4 Å². The normalized spacial score (nSPS) is 19.8. The Labute approximate surface area is 166 Å². The molecule has 3 heterocycles. The largest absolute Gasteiger partial charge is 0.502 e. The van der Waals surface area contributed by atoms with Crippen molar-refractivity contribution in [1.29, 1.82) is 0 Å². The van der Waals surface area contributed by atoms with Crippen LogP contribution in [-0.4, -0.2) is 47.4 Å². The third-order valence-corrected chi connectivity index (χ3v) is 6.29. The quantitative estimate of drug-likeness (QED) is 0.811. The monoisotopic (exact) mass is 405 g/mol. The Balaban J connectivity index is 1.84. The van der Waals surface area contributed by atoms with Crippen molar-refractivity contribution in [3.63, 3.8) is 0 Å². The number of aromatic hydroxyl groups is 1. The Kier molecular flexibility index (Phi) is 5.11. The maximum absolute atomic E-state index is 12.9. The number of aromatic amines is 1. The van der Waals surface area contributed by atoms with E-state index in [1.807, 2.05) is 11.6 Å². The Hall–Kier alpha value is -2.39. The molecule has 8 nitrogen and oxygen atoms in total. The summed E-state index contributed by atoms with van der Waals surface area (Å²) in [5.74, 6) is 1.21. The molecule has 150 valence electrons. The molecule has 1 aromatic carbocycles. The summed E-state index contributed by atoms with van der Waals surface area (Å²) in [6, 6.07) is 3.64. The molecule has 9 heteroatoms. The molecule has 28 heavy (non-hydrogen) atoms. The van der Waals surface area contributed by atoms with Gasteiger partial charge in [-0.05, 0) is 37.5 Å². The highest BCUT2D eigenvalue weighted by Gasteiger charge is 2.33. The van der Waals surface area contributed by atoms with E-state index in [-0.39, 0.29) is 22.6 Å². The molecule has 0 bridgehead atoms. The Morgan fingerprint density at radius 1 is 1.25 bits per heavy atom. The number of aliphatic imine (C=N–C) groups is 1. The third kappa shape index (κ3) is 3.18. The maximum Gasteiger partial charge on any atom is 0.271 e. The summed E-state index contributed by atoms with van der Waals surface area (Å²) < 4.78 is 17.9. The number of phenols is 1. The highest BCUT2D eigenvalue weighted by atomic mass is 32.2. The second kappa shape index (κ2) is 7.56. The van der Waals surface area contributed by atoms with Gasteiger partial charge in [0.05, 0.1) is 36.1 Å². The first-order valence-corrected chi connectivity index (χ1v) is 10.0. The van der Waals surface area contributed by atoms with Crippen LogP contribution in [0, 0.1) is 0 Å². The van der Waals surface area contributed by atoms with Gasteiger partial charge in [0.25, 0.3) is 5.56 Å². The van der Waals surface area contributed by atoms with Crippen LogP contribution in [0.15, 0.2) is 21.9 Å². The molecule has 0 saturated carbocycles. The van der Waals surface area contributed by atoms with E-state index in [1.165, 1.54) is 26.0 Å². The lowest BCUT2D eigenvalue weighted by molar-refractivity contribution is 0.0666. The number of hydrogen-bond acceptors (Lipinski definition) is 7. The van der Waals surface area contributed by atoms with Crippen LogP contribution in [-0.2, 0) is 4.74 Å². The number of nitrogens with one attached hydrogen (secondary N) is 1. The van der Waals surface area contributed by atoms with Crippen molar-refractivity contribution in [2.75, 3.05) is 27.4 Å². The van der Waals surface area contributed by atoms with E-state index in [4.69, 9.17) is 14.2 Å². The Morgan fingerprint density at radius 3 is 2.50 bits per heavy atom. The number of fused-ring (bicyclic) bond motifs is 1. The lowest BCUT2D eigenvalue weighted by Gasteiger charge is -2.26. The molecule has 1 atom stereocenters. The van der Waals surface area contributed by atoms with Crippen LogP contribution in [0.25, 0.3) is 0 Å². The van der Waals surface area contributed by atoms with E-state index in [9.17, 15) is 9.90 Å². The average molecular weight is 405 g/mol. The van der Waals surface area contributed by atoms with Crippen molar-refractivity contribution in [1.82, 2.24) is 9.78 Å². The summed E-state index contributed by atoms with van der Waals surface area (Å²) in [7, 11) is 2.97. The molecule has 4 rings (SSSR count). The fraction of sp³-hybridized carbons (Fsp3) is 0.474. The zero-order chi connectivity index (χ0) is 19.8. The molecule has 2 aromatic rings. The number of ether oxygens (including phenoxy) is 3. The number of H-pyrrole nitrogens is 1. The molecule has 0 amide bonds. The minimum atomic E-state index is -0.277. The molecular weight excluding hydrogens is 382 g/mol. The predicted molar refractivity (Wildman–Crippen MR) is 108 cm³/mol. The molecule has 1 aromatic heterocycles. The summed E-state index contributed by atoms with van der Waals surface area (Å²) in [4.78, 5) is 17.6.